The molecule has 1 saturated heterocycles. The van der Waals surface area contributed by atoms with E-state index < -0.39 is 0 Å². The molecule has 1 aliphatic heterocycles. The Balaban J connectivity index is 1.37. The van der Waals surface area contributed by atoms with Crippen molar-refractivity contribution in [1.82, 2.24) is 14.3 Å². The zero-order valence-electron chi connectivity index (χ0n) is 14.9. The molecule has 0 bridgehead atoms. The smallest absolute Gasteiger partial charge is 0.269 e. The molecule has 4 aromatic rings. The molecule has 0 spiro atoms. The first kappa shape index (κ1) is 17.0. The summed E-state index contributed by atoms with van der Waals surface area (Å²) in [6, 6.07) is 10.0. The number of anilines is 1. The molecule has 8 heteroatoms. The molecular weight excluding hydrogens is 379 g/mol. The highest BCUT2D eigenvalue weighted by Crippen LogP contribution is 2.21. The van der Waals surface area contributed by atoms with Gasteiger partial charge in [0.25, 0.3) is 11.5 Å². The number of carbonyl (C=O) groups excluding carboxylic acids is 1. The Kier molecular flexibility index (Phi) is 3.94. The van der Waals surface area contributed by atoms with E-state index in [4.69, 9.17) is 0 Å². The number of aromatic amines is 1. The van der Waals surface area contributed by atoms with E-state index in [0.717, 1.165) is 11.2 Å². The molecule has 1 amide bonds. The van der Waals surface area contributed by atoms with Crippen molar-refractivity contribution in [3.8, 4) is 0 Å². The SMILES string of the molecule is O=C(c1cc2[nH]c(=O)c3sccc3n2c1)N1CCN(c2ccc(F)cc2)CC1. The van der Waals surface area contributed by atoms with Gasteiger partial charge in [-0.3, -0.25) is 9.59 Å². The molecule has 142 valence electrons. The molecule has 1 aliphatic rings. The number of carbonyl (C=O) groups is 1. The second-order valence-electron chi connectivity index (χ2n) is 6.83. The van der Waals surface area contributed by atoms with Crippen molar-refractivity contribution in [2.24, 2.45) is 0 Å². The van der Waals surface area contributed by atoms with E-state index in [1.165, 1.54) is 23.5 Å². The van der Waals surface area contributed by atoms with Gasteiger partial charge in [-0.2, -0.15) is 0 Å². The van der Waals surface area contributed by atoms with Gasteiger partial charge < -0.3 is 19.2 Å². The van der Waals surface area contributed by atoms with Gasteiger partial charge in [-0.25, -0.2) is 4.39 Å². The fourth-order valence-electron chi connectivity index (χ4n) is 3.71. The van der Waals surface area contributed by atoms with E-state index in [-0.39, 0.29) is 17.3 Å². The second-order valence-corrected chi connectivity index (χ2v) is 7.74. The summed E-state index contributed by atoms with van der Waals surface area (Å²) in [6.45, 7) is 2.56. The van der Waals surface area contributed by atoms with Crippen molar-refractivity contribution >= 4 is 38.8 Å². The summed E-state index contributed by atoms with van der Waals surface area (Å²) < 4.78 is 15.6. The van der Waals surface area contributed by atoms with Gasteiger partial charge >= 0.3 is 0 Å². The van der Waals surface area contributed by atoms with E-state index in [0.29, 0.717) is 42.1 Å². The molecule has 3 aromatic heterocycles. The maximum absolute atomic E-state index is 13.1. The summed E-state index contributed by atoms with van der Waals surface area (Å²) in [7, 11) is 0. The maximum atomic E-state index is 13.1. The van der Waals surface area contributed by atoms with Crippen LogP contribution in [0.15, 0.2) is 52.8 Å². The molecule has 1 N–H and O–H groups in total. The summed E-state index contributed by atoms with van der Waals surface area (Å²) in [6.07, 6.45) is 1.79. The number of aromatic nitrogens is 2. The van der Waals surface area contributed by atoms with Crippen LogP contribution in [0.3, 0.4) is 0 Å². The molecule has 0 radical (unpaired) electrons. The van der Waals surface area contributed by atoms with Gasteiger partial charge in [-0.05, 0) is 41.8 Å². The Morgan fingerprint density at radius 1 is 1.07 bits per heavy atom. The lowest BCUT2D eigenvalue weighted by Crippen LogP contribution is -2.48. The maximum Gasteiger partial charge on any atom is 0.269 e. The number of amides is 1. The van der Waals surface area contributed by atoms with Crippen LogP contribution >= 0.6 is 11.3 Å². The first-order valence-electron chi connectivity index (χ1n) is 9.01. The average Bonchev–Trinajstić information content (AvgIpc) is 3.35. The van der Waals surface area contributed by atoms with Crippen LogP contribution in [0, 0.1) is 5.82 Å². The largest absolute Gasteiger partial charge is 0.368 e. The number of piperazine rings is 1. The minimum absolute atomic E-state index is 0.0494. The third-order valence-electron chi connectivity index (χ3n) is 5.18. The van der Waals surface area contributed by atoms with Crippen molar-refractivity contribution in [3.63, 3.8) is 0 Å². The summed E-state index contributed by atoms with van der Waals surface area (Å²) in [5.41, 5.74) is 2.81. The fraction of sp³-hybridized carbons (Fsp3) is 0.200. The van der Waals surface area contributed by atoms with Crippen LogP contribution in [0.25, 0.3) is 15.9 Å². The predicted octanol–water partition coefficient (Wildman–Crippen LogP) is 2.94. The van der Waals surface area contributed by atoms with Gasteiger partial charge in [0, 0.05) is 38.1 Å². The van der Waals surface area contributed by atoms with Crippen LogP contribution < -0.4 is 10.5 Å². The molecule has 6 nitrogen and oxygen atoms in total. The number of hydrogen-bond donors (Lipinski definition) is 1. The summed E-state index contributed by atoms with van der Waals surface area (Å²) in [4.78, 5) is 31.9. The lowest BCUT2D eigenvalue weighted by molar-refractivity contribution is 0.0747. The van der Waals surface area contributed by atoms with Crippen molar-refractivity contribution in [3.05, 3.63) is 69.7 Å². The Morgan fingerprint density at radius 2 is 1.82 bits per heavy atom. The third kappa shape index (κ3) is 2.77. The summed E-state index contributed by atoms with van der Waals surface area (Å²) >= 11 is 1.38. The van der Waals surface area contributed by atoms with Crippen molar-refractivity contribution < 1.29 is 9.18 Å². The standard InChI is InChI=1S/C20H17FN4O2S/c21-14-1-3-15(4-2-14)23-6-8-24(9-7-23)20(27)13-11-17-22-19(26)18-16(5-10-28-18)25(17)12-13/h1-5,10-12H,6-9H2,(H,22,26). The Bertz CT molecular complexity index is 1230. The number of H-pyrrole nitrogens is 1. The average molecular weight is 396 g/mol. The number of benzene rings is 1. The second kappa shape index (κ2) is 6.49. The van der Waals surface area contributed by atoms with Crippen LogP contribution in [0.2, 0.25) is 0 Å². The number of rotatable bonds is 2. The normalized spacial score (nSPS) is 14.9. The van der Waals surface area contributed by atoms with E-state index >= 15 is 0 Å². The monoisotopic (exact) mass is 396 g/mol. The Morgan fingerprint density at radius 3 is 2.57 bits per heavy atom. The molecule has 0 saturated carbocycles. The molecule has 1 aromatic carbocycles. The third-order valence-corrected chi connectivity index (χ3v) is 6.08. The van der Waals surface area contributed by atoms with Crippen LogP contribution in [-0.2, 0) is 0 Å². The van der Waals surface area contributed by atoms with Gasteiger partial charge in [0.15, 0.2) is 0 Å². The van der Waals surface area contributed by atoms with Gasteiger partial charge in [0.1, 0.15) is 16.2 Å². The Hall–Kier alpha value is -3.13. The highest BCUT2D eigenvalue weighted by molar-refractivity contribution is 7.17. The molecule has 1 fully saturated rings. The van der Waals surface area contributed by atoms with Crippen LogP contribution in [0.5, 0.6) is 0 Å². The number of thiophene rings is 1. The number of nitrogens with zero attached hydrogens (tertiary/aromatic N) is 3. The molecule has 4 heterocycles. The fourth-order valence-corrected chi connectivity index (χ4v) is 4.49. The number of fused-ring (bicyclic) bond motifs is 3. The molecule has 28 heavy (non-hydrogen) atoms. The topological polar surface area (TPSA) is 60.8 Å². The van der Waals surface area contributed by atoms with E-state index in [2.05, 4.69) is 9.88 Å². The number of hydrogen-bond acceptors (Lipinski definition) is 4. The van der Waals surface area contributed by atoms with Crippen LogP contribution in [0.1, 0.15) is 10.4 Å². The predicted molar refractivity (Wildman–Crippen MR) is 108 cm³/mol. The molecule has 0 aliphatic carbocycles. The first-order valence-corrected chi connectivity index (χ1v) is 9.89. The zero-order valence-corrected chi connectivity index (χ0v) is 15.7. The van der Waals surface area contributed by atoms with Crippen LogP contribution in [-0.4, -0.2) is 46.4 Å². The zero-order chi connectivity index (χ0) is 19.3. The van der Waals surface area contributed by atoms with Gasteiger partial charge in [0.2, 0.25) is 0 Å². The van der Waals surface area contributed by atoms with Crippen LogP contribution in [0.4, 0.5) is 10.1 Å². The van der Waals surface area contributed by atoms with E-state index in [1.54, 1.807) is 24.4 Å². The molecule has 0 unspecified atom stereocenters. The van der Waals surface area contributed by atoms with Gasteiger partial charge in [0.05, 0.1) is 11.1 Å². The minimum atomic E-state index is -0.254. The van der Waals surface area contributed by atoms with Crippen molar-refractivity contribution in [2.45, 2.75) is 0 Å². The highest BCUT2D eigenvalue weighted by atomic mass is 32.1. The van der Waals surface area contributed by atoms with E-state index in [9.17, 15) is 14.0 Å². The highest BCUT2D eigenvalue weighted by Gasteiger charge is 2.23. The summed E-state index contributed by atoms with van der Waals surface area (Å²) in [5.74, 6) is -0.303. The Labute approximate surface area is 163 Å². The molecule has 5 rings (SSSR count). The van der Waals surface area contributed by atoms with Gasteiger partial charge in [-0.1, -0.05) is 0 Å². The van der Waals surface area contributed by atoms with E-state index in [1.807, 2.05) is 20.7 Å². The number of halogens is 1. The molecule has 0 atom stereocenters. The summed E-state index contributed by atoms with van der Waals surface area (Å²) in [5, 5.41) is 1.87. The van der Waals surface area contributed by atoms with Crippen molar-refractivity contribution in [1.29, 1.82) is 0 Å². The molecular formula is C20H17FN4O2S. The first-order chi connectivity index (χ1) is 13.6. The quantitative estimate of drug-likeness (QED) is 0.567. The minimum Gasteiger partial charge on any atom is -0.368 e. The van der Waals surface area contributed by atoms with Crippen molar-refractivity contribution in [2.75, 3.05) is 31.1 Å². The lowest BCUT2D eigenvalue weighted by atomic mass is 10.2. The lowest BCUT2D eigenvalue weighted by Gasteiger charge is -2.36. The number of nitrogens with one attached hydrogen (secondary N) is 1. The van der Waals surface area contributed by atoms with Gasteiger partial charge in [-0.15, -0.1) is 11.3 Å².